The van der Waals surface area contributed by atoms with Crippen LogP contribution >= 0.6 is 11.6 Å². The van der Waals surface area contributed by atoms with E-state index in [4.69, 9.17) is 20.8 Å². The predicted molar refractivity (Wildman–Crippen MR) is 114 cm³/mol. The van der Waals surface area contributed by atoms with Crippen molar-refractivity contribution >= 4 is 34.2 Å². The van der Waals surface area contributed by atoms with Gasteiger partial charge in [-0.2, -0.15) is 0 Å². The fourth-order valence-electron chi connectivity index (χ4n) is 3.59. The number of fused-ring (bicyclic) bond motifs is 1. The van der Waals surface area contributed by atoms with Gasteiger partial charge in [0.15, 0.2) is 0 Å². The molecule has 1 amide bonds. The maximum absolute atomic E-state index is 13.0. The number of nitrogens with zero attached hydrogens (tertiary/aromatic N) is 1. The smallest absolute Gasteiger partial charge is 0.256 e. The number of benzene rings is 2. The Morgan fingerprint density at radius 3 is 2.69 bits per heavy atom. The fourth-order valence-corrected chi connectivity index (χ4v) is 3.77. The summed E-state index contributed by atoms with van der Waals surface area (Å²) in [5, 5.41) is 4.28. The number of halogens is 1. The molecular formula is C23H23ClN2O3. The van der Waals surface area contributed by atoms with Gasteiger partial charge >= 0.3 is 0 Å². The number of carbonyl (C=O) groups excluding carboxylic acids is 1. The largest absolute Gasteiger partial charge is 0.438 e. The number of hydrogen-bond acceptors (Lipinski definition) is 4. The normalized spacial score (nSPS) is 17.1. The summed E-state index contributed by atoms with van der Waals surface area (Å²) in [6, 6.07) is 13.1. The van der Waals surface area contributed by atoms with Gasteiger partial charge in [-0.15, -0.1) is 0 Å². The maximum atomic E-state index is 13.0. The molecule has 29 heavy (non-hydrogen) atoms. The number of amides is 1. The van der Waals surface area contributed by atoms with E-state index in [9.17, 15) is 4.79 Å². The second kappa shape index (κ2) is 8.39. The molecule has 1 fully saturated rings. The van der Waals surface area contributed by atoms with Crippen LogP contribution in [0.5, 0.6) is 0 Å². The summed E-state index contributed by atoms with van der Waals surface area (Å²) < 4.78 is 11.6. The summed E-state index contributed by atoms with van der Waals surface area (Å²) in [4.78, 5) is 17.6. The Balaban J connectivity index is 1.77. The van der Waals surface area contributed by atoms with Crippen LogP contribution in [-0.4, -0.2) is 25.2 Å². The van der Waals surface area contributed by atoms with Gasteiger partial charge in [0.2, 0.25) is 5.55 Å². The first-order valence-electron chi connectivity index (χ1n) is 9.74. The quantitative estimate of drug-likeness (QED) is 0.669. The first kappa shape index (κ1) is 19.7. The third-order valence-corrected chi connectivity index (χ3v) is 5.14. The summed E-state index contributed by atoms with van der Waals surface area (Å²) >= 11 is 6.12. The molecule has 0 radical (unpaired) electrons. The van der Waals surface area contributed by atoms with Crippen molar-refractivity contribution in [3.8, 4) is 0 Å². The molecule has 6 heteroatoms. The monoisotopic (exact) mass is 410 g/mol. The lowest BCUT2D eigenvalue weighted by molar-refractivity contribution is 0.0854. The molecule has 0 bridgehead atoms. The third-order valence-electron chi connectivity index (χ3n) is 4.90. The Kier molecular flexibility index (Phi) is 5.69. The molecule has 1 N–H and O–H groups in total. The molecule has 150 valence electrons. The average molecular weight is 411 g/mol. The van der Waals surface area contributed by atoms with Gasteiger partial charge in [0.25, 0.3) is 5.91 Å². The topological polar surface area (TPSA) is 63.8 Å². The van der Waals surface area contributed by atoms with Crippen molar-refractivity contribution < 1.29 is 13.9 Å². The second-order valence-corrected chi connectivity index (χ2v) is 7.89. The van der Waals surface area contributed by atoms with Gasteiger partial charge in [0.1, 0.15) is 11.1 Å². The molecule has 4 rings (SSSR count). The molecule has 1 atom stereocenters. The van der Waals surface area contributed by atoms with E-state index in [1.165, 1.54) is 0 Å². The van der Waals surface area contributed by atoms with E-state index < -0.39 is 0 Å². The number of nitrogens with one attached hydrogen (secondary N) is 1. The number of rotatable bonds is 4. The SMILES string of the molecule is Cc1cc(C)cc(N=c2oc3ccc(Cl)cc3cc2C(=O)NC[C@@H]2CCCO2)c1. The molecule has 0 spiro atoms. The van der Waals surface area contributed by atoms with Gasteiger partial charge in [-0.3, -0.25) is 4.79 Å². The van der Waals surface area contributed by atoms with Crippen LogP contribution in [0.3, 0.4) is 0 Å². The molecule has 0 saturated carbocycles. The summed E-state index contributed by atoms with van der Waals surface area (Å²) in [7, 11) is 0. The first-order valence-corrected chi connectivity index (χ1v) is 10.1. The van der Waals surface area contributed by atoms with Crippen LogP contribution in [0.2, 0.25) is 5.02 Å². The molecule has 0 unspecified atom stereocenters. The first-order chi connectivity index (χ1) is 14.0. The molecule has 5 nitrogen and oxygen atoms in total. The van der Waals surface area contributed by atoms with E-state index in [0.717, 1.165) is 41.6 Å². The minimum Gasteiger partial charge on any atom is -0.438 e. The standard InChI is InChI=1S/C23H23ClN2O3/c1-14-8-15(2)10-18(9-14)26-23-20(22(27)25-13-19-4-3-7-28-19)12-16-11-17(24)5-6-21(16)29-23/h5-6,8-12,19H,3-4,7,13H2,1-2H3,(H,25,27)/t19-/m0/s1. The van der Waals surface area contributed by atoms with Gasteiger partial charge in [0.05, 0.1) is 11.8 Å². The zero-order valence-electron chi connectivity index (χ0n) is 16.5. The lowest BCUT2D eigenvalue weighted by Crippen LogP contribution is -2.34. The number of hydrogen-bond donors (Lipinski definition) is 1. The Morgan fingerprint density at radius 1 is 1.17 bits per heavy atom. The molecular weight excluding hydrogens is 388 g/mol. The maximum Gasteiger partial charge on any atom is 0.256 e. The molecule has 1 saturated heterocycles. The van der Waals surface area contributed by atoms with Gasteiger partial charge in [-0.1, -0.05) is 17.7 Å². The van der Waals surface area contributed by atoms with Crippen molar-refractivity contribution in [3.63, 3.8) is 0 Å². The van der Waals surface area contributed by atoms with Gasteiger partial charge in [-0.25, -0.2) is 4.99 Å². The zero-order chi connectivity index (χ0) is 20.4. The molecule has 1 aliphatic heterocycles. The van der Waals surface area contributed by atoms with Crippen LogP contribution in [0.4, 0.5) is 5.69 Å². The van der Waals surface area contributed by atoms with Crippen molar-refractivity contribution in [1.29, 1.82) is 0 Å². The van der Waals surface area contributed by atoms with Crippen LogP contribution in [-0.2, 0) is 4.74 Å². The molecule has 3 aromatic rings. The van der Waals surface area contributed by atoms with E-state index in [-0.39, 0.29) is 17.6 Å². The highest BCUT2D eigenvalue weighted by molar-refractivity contribution is 6.31. The minimum atomic E-state index is -0.241. The summed E-state index contributed by atoms with van der Waals surface area (Å²) in [6.07, 6.45) is 2.04. The van der Waals surface area contributed by atoms with E-state index >= 15 is 0 Å². The Hall–Kier alpha value is -2.63. The van der Waals surface area contributed by atoms with E-state index in [0.29, 0.717) is 22.7 Å². The van der Waals surface area contributed by atoms with Crippen LogP contribution in [0.15, 0.2) is 51.9 Å². The fraction of sp³-hybridized carbons (Fsp3) is 0.304. The number of ether oxygens (including phenoxy) is 1. The minimum absolute atomic E-state index is 0.0607. The molecule has 2 aromatic carbocycles. The van der Waals surface area contributed by atoms with Crippen LogP contribution < -0.4 is 10.9 Å². The lowest BCUT2D eigenvalue weighted by Gasteiger charge is -2.11. The van der Waals surface area contributed by atoms with Gasteiger partial charge < -0.3 is 14.5 Å². The molecule has 0 aliphatic carbocycles. The molecule has 1 aliphatic rings. The van der Waals surface area contributed by atoms with Crippen molar-refractivity contribution in [2.45, 2.75) is 32.8 Å². The van der Waals surface area contributed by atoms with Crippen molar-refractivity contribution in [2.24, 2.45) is 4.99 Å². The second-order valence-electron chi connectivity index (χ2n) is 7.45. The highest BCUT2D eigenvalue weighted by Crippen LogP contribution is 2.21. The average Bonchev–Trinajstić information content (AvgIpc) is 3.18. The Labute approximate surface area is 174 Å². The van der Waals surface area contributed by atoms with E-state index in [1.807, 2.05) is 26.0 Å². The van der Waals surface area contributed by atoms with Gasteiger partial charge in [-0.05, 0) is 74.2 Å². The van der Waals surface area contributed by atoms with Crippen molar-refractivity contribution in [1.82, 2.24) is 5.32 Å². The Bertz CT molecular complexity index is 1110. The third kappa shape index (κ3) is 4.69. The van der Waals surface area contributed by atoms with E-state index in [2.05, 4.69) is 16.4 Å². The summed E-state index contributed by atoms with van der Waals surface area (Å²) in [5.41, 5.74) is 4.20. The summed E-state index contributed by atoms with van der Waals surface area (Å²) in [6.45, 7) is 5.24. The van der Waals surface area contributed by atoms with Crippen molar-refractivity contribution in [2.75, 3.05) is 13.2 Å². The van der Waals surface area contributed by atoms with E-state index in [1.54, 1.807) is 24.3 Å². The lowest BCUT2D eigenvalue weighted by atomic mass is 10.1. The van der Waals surface area contributed by atoms with Crippen molar-refractivity contribution in [3.05, 3.63) is 69.7 Å². The summed E-state index contributed by atoms with van der Waals surface area (Å²) in [5.74, 6) is -0.241. The molecule has 2 heterocycles. The van der Waals surface area contributed by atoms with Crippen LogP contribution in [0, 0.1) is 13.8 Å². The highest BCUT2D eigenvalue weighted by atomic mass is 35.5. The highest BCUT2D eigenvalue weighted by Gasteiger charge is 2.18. The predicted octanol–water partition coefficient (Wildman–Crippen LogP) is 4.84. The Morgan fingerprint density at radius 2 is 1.97 bits per heavy atom. The number of carbonyl (C=O) groups is 1. The number of aryl methyl sites for hydroxylation is 2. The van der Waals surface area contributed by atoms with Crippen LogP contribution in [0.1, 0.15) is 34.3 Å². The van der Waals surface area contributed by atoms with Gasteiger partial charge in [0, 0.05) is 23.6 Å². The zero-order valence-corrected chi connectivity index (χ0v) is 17.3. The molecule has 1 aromatic heterocycles. The van der Waals surface area contributed by atoms with Crippen LogP contribution in [0.25, 0.3) is 11.0 Å².